The van der Waals surface area contributed by atoms with Crippen molar-refractivity contribution in [3.63, 3.8) is 0 Å². The summed E-state index contributed by atoms with van der Waals surface area (Å²) in [6.07, 6.45) is 1.81. The molecule has 1 aromatic rings. The second-order valence-electron chi connectivity index (χ2n) is 6.02. The Kier molecular flexibility index (Phi) is 6.15. The second-order valence-corrected chi connectivity index (χ2v) is 7.46. The normalized spacial score (nSPS) is 19.4. The van der Waals surface area contributed by atoms with E-state index >= 15 is 0 Å². The van der Waals surface area contributed by atoms with Crippen LogP contribution in [0.5, 0.6) is 0 Å². The van der Waals surface area contributed by atoms with Gasteiger partial charge in [0.25, 0.3) is 10.9 Å². The van der Waals surface area contributed by atoms with E-state index in [1.807, 2.05) is 19.5 Å². The molecule has 1 aliphatic rings. The number of hydrogen-bond donors (Lipinski definition) is 1. The second kappa shape index (κ2) is 7.94. The molecule has 25 heavy (non-hydrogen) atoms. The van der Waals surface area contributed by atoms with E-state index in [1.165, 1.54) is 17.8 Å². The van der Waals surface area contributed by atoms with E-state index in [4.69, 9.17) is 17.0 Å². The Morgan fingerprint density at radius 1 is 1.52 bits per heavy atom. The monoisotopic (exact) mass is 381 g/mol. The van der Waals surface area contributed by atoms with E-state index in [2.05, 4.69) is 24.2 Å². The summed E-state index contributed by atoms with van der Waals surface area (Å²) in [4.78, 5) is 16.0. The van der Waals surface area contributed by atoms with Gasteiger partial charge in [0.05, 0.1) is 12.0 Å². The van der Waals surface area contributed by atoms with Crippen LogP contribution in [0.3, 0.4) is 0 Å². The number of nitro benzene ring substituents is 1. The SMILES string of the molecule is CNC(=S)OC[N+]1(C)C=NC(C(C)C)=C1Sc1cccc([N+](=O)[O-])c1. The molecule has 1 N–H and O–H groups in total. The van der Waals surface area contributed by atoms with Gasteiger partial charge in [-0.25, -0.2) is 9.48 Å². The van der Waals surface area contributed by atoms with Crippen molar-refractivity contribution in [2.45, 2.75) is 18.7 Å². The molecule has 1 atom stereocenters. The Hall–Kier alpha value is -1.97. The standard InChI is InChI=1S/C16H20N4O3S2/c1-11(2)14-15(20(4,9-18-14)10-23-16(24)17-3)25-13-7-5-6-12(8-13)19(21)22/h5-9,11H,10H2,1-4H3/p+1. The van der Waals surface area contributed by atoms with Gasteiger partial charge in [-0.15, -0.1) is 0 Å². The molecule has 2 rings (SSSR count). The smallest absolute Gasteiger partial charge is 0.270 e. The Bertz CT molecular complexity index is 749. The Labute approximate surface area is 156 Å². The van der Waals surface area contributed by atoms with E-state index < -0.39 is 4.92 Å². The number of thiocarbonyl (C=S) groups is 1. The maximum atomic E-state index is 11.0. The fourth-order valence-corrected chi connectivity index (χ4v) is 3.54. The highest BCUT2D eigenvalue weighted by Crippen LogP contribution is 2.41. The quantitative estimate of drug-likeness (QED) is 0.352. The number of ether oxygens (including phenoxy) is 1. The third-order valence-electron chi connectivity index (χ3n) is 3.59. The van der Waals surface area contributed by atoms with Gasteiger partial charge in [-0.05, 0) is 30.0 Å². The lowest BCUT2D eigenvalue weighted by molar-refractivity contribution is -0.783. The first-order valence-corrected chi connectivity index (χ1v) is 8.91. The summed E-state index contributed by atoms with van der Waals surface area (Å²) in [5.74, 6) is 0.216. The first-order valence-electron chi connectivity index (χ1n) is 7.69. The van der Waals surface area contributed by atoms with Crippen molar-refractivity contribution in [3.8, 4) is 0 Å². The highest BCUT2D eigenvalue weighted by atomic mass is 32.2. The molecular weight excluding hydrogens is 360 g/mol. The molecule has 0 saturated carbocycles. The number of hydrogen-bond acceptors (Lipinski definition) is 6. The molecule has 0 radical (unpaired) electrons. The topological polar surface area (TPSA) is 76.8 Å². The van der Waals surface area contributed by atoms with E-state index in [-0.39, 0.29) is 18.3 Å². The van der Waals surface area contributed by atoms with Gasteiger partial charge in [0.2, 0.25) is 11.8 Å². The van der Waals surface area contributed by atoms with Crippen LogP contribution in [0.15, 0.2) is 44.9 Å². The Morgan fingerprint density at radius 3 is 2.84 bits per heavy atom. The van der Waals surface area contributed by atoms with Crippen LogP contribution < -0.4 is 5.32 Å². The number of thioether (sulfide) groups is 1. The average molecular weight is 382 g/mol. The van der Waals surface area contributed by atoms with Crippen LogP contribution in [0.2, 0.25) is 0 Å². The molecule has 1 unspecified atom stereocenters. The molecule has 1 aliphatic heterocycles. The van der Waals surface area contributed by atoms with Crippen LogP contribution in [0, 0.1) is 16.0 Å². The molecule has 0 spiro atoms. The van der Waals surface area contributed by atoms with Gasteiger partial charge in [-0.1, -0.05) is 19.9 Å². The van der Waals surface area contributed by atoms with E-state index in [1.54, 1.807) is 19.2 Å². The number of rotatable bonds is 6. The van der Waals surface area contributed by atoms with Crippen molar-refractivity contribution in [2.24, 2.45) is 10.9 Å². The summed E-state index contributed by atoms with van der Waals surface area (Å²) in [6.45, 7) is 4.42. The van der Waals surface area contributed by atoms with Crippen LogP contribution in [0.1, 0.15) is 13.8 Å². The molecular formula is C16H21N4O3S2+. The molecule has 0 aromatic heterocycles. The Morgan fingerprint density at radius 2 is 2.24 bits per heavy atom. The maximum Gasteiger partial charge on any atom is 0.270 e. The number of aliphatic imine (C=N–C) groups is 1. The van der Waals surface area contributed by atoms with Crippen molar-refractivity contribution in [1.82, 2.24) is 5.32 Å². The van der Waals surface area contributed by atoms with Crippen molar-refractivity contribution in [2.75, 3.05) is 20.8 Å². The molecule has 1 heterocycles. The lowest BCUT2D eigenvalue weighted by atomic mass is 10.1. The third-order valence-corrected chi connectivity index (χ3v) is 5.22. The van der Waals surface area contributed by atoms with Gasteiger partial charge >= 0.3 is 0 Å². The molecule has 0 bridgehead atoms. The predicted molar refractivity (Wildman–Crippen MR) is 103 cm³/mol. The van der Waals surface area contributed by atoms with Crippen LogP contribution in [0.4, 0.5) is 5.69 Å². The summed E-state index contributed by atoms with van der Waals surface area (Å²) >= 11 is 6.51. The lowest BCUT2D eigenvalue weighted by Gasteiger charge is -2.27. The highest BCUT2D eigenvalue weighted by Gasteiger charge is 2.37. The number of nitrogens with zero attached hydrogens (tertiary/aromatic N) is 3. The number of nitrogens with one attached hydrogen (secondary N) is 1. The number of nitro groups is 1. The lowest BCUT2D eigenvalue weighted by Crippen LogP contribution is -2.42. The Balaban J connectivity index is 2.32. The maximum absolute atomic E-state index is 11.0. The first-order chi connectivity index (χ1) is 11.8. The third kappa shape index (κ3) is 4.56. The van der Waals surface area contributed by atoms with Crippen LogP contribution in [-0.2, 0) is 4.74 Å². The number of non-ortho nitro benzene ring substituents is 1. The summed E-state index contributed by atoms with van der Waals surface area (Å²) < 4.78 is 5.90. The van der Waals surface area contributed by atoms with E-state index in [9.17, 15) is 10.1 Å². The van der Waals surface area contributed by atoms with Crippen LogP contribution >= 0.6 is 24.0 Å². The van der Waals surface area contributed by atoms with Gasteiger partial charge in [0.1, 0.15) is 5.70 Å². The summed E-state index contributed by atoms with van der Waals surface area (Å²) in [6, 6.07) is 6.58. The summed E-state index contributed by atoms with van der Waals surface area (Å²) in [7, 11) is 3.67. The van der Waals surface area contributed by atoms with E-state index in [0.29, 0.717) is 9.66 Å². The van der Waals surface area contributed by atoms with Gasteiger partial charge in [0.15, 0.2) is 6.34 Å². The minimum atomic E-state index is -0.393. The molecule has 0 saturated heterocycles. The molecule has 7 nitrogen and oxygen atoms in total. The van der Waals surface area contributed by atoms with Crippen LogP contribution in [0.25, 0.3) is 0 Å². The minimum Gasteiger partial charge on any atom is -0.419 e. The predicted octanol–water partition coefficient (Wildman–Crippen LogP) is 3.48. The molecule has 9 heteroatoms. The molecule has 0 aliphatic carbocycles. The van der Waals surface area contributed by atoms with Crippen LogP contribution in [-0.4, -0.2) is 41.7 Å². The fourth-order valence-electron chi connectivity index (χ4n) is 2.24. The highest BCUT2D eigenvalue weighted by molar-refractivity contribution is 8.02. The van der Waals surface area contributed by atoms with Gasteiger partial charge < -0.3 is 10.1 Å². The minimum absolute atomic E-state index is 0.0671. The number of quaternary nitrogens is 1. The van der Waals surface area contributed by atoms with Gasteiger partial charge in [0, 0.05) is 30.0 Å². The molecule has 134 valence electrons. The fraction of sp³-hybridized carbons (Fsp3) is 0.375. The van der Waals surface area contributed by atoms with Crippen molar-refractivity contribution in [1.29, 1.82) is 0 Å². The first kappa shape index (κ1) is 19.4. The summed E-state index contributed by atoms with van der Waals surface area (Å²) in [5, 5.41) is 15.1. The average Bonchev–Trinajstić information content (AvgIpc) is 2.90. The summed E-state index contributed by atoms with van der Waals surface area (Å²) in [5.41, 5.74) is 1.01. The number of allylic oxidation sites excluding steroid dienone is 1. The molecule has 1 aromatic carbocycles. The number of benzene rings is 1. The largest absolute Gasteiger partial charge is 0.419 e. The zero-order valence-electron chi connectivity index (χ0n) is 14.6. The van der Waals surface area contributed by atoms with Gasteiger partial charge in [-0.3, -0.25) is 10.1 Å². The van der Waals surface area contributed by atoms with E-state index in [0.717, 1.165) is 15.6 Å². The molecule has 0 amide bonds. The van der Waals surface area contributed by atoms with Crippen molar-refractivity contribution < 1.29 is 14.1 Å². The zero-order chi connectivity index (χ0) is 18.6. The zero-order valence-corrected chi connectivity index (χ0v) is 16.2. The van der Waals surface area contributed by atoms with Crippen molar-refractivity contribution in [3.05, 3.63) is 45.1 Å². The molecule has 0 fully saturated rings. The van der Waals surface area contributed by atoms with Crippen molar-refractivity contribution >= 4 is 41.2 Å². The van der Waals surface area contributed by atoms with Gasteiger partial charge in [-0.2, -0.15) is 0 Å².